The molecule has 146 valence electrons. The van der Waals surface area contributed by atoms with Crippen LogP contribution in [-0.2, 0) is 11.3 Å². The van der Waals surface area contributed by atoms with E-state index in [1.807, 2.05) is 12.1 Å². The molecule has 0 radical (unpaired) electrons. The maximum absolute atomic E-state index is 14.1. The molecule has 4 rings (SSSR count). The summed E-state index contributed by atoms with van der Waals surface area (Å²) in [5, 5.41) is 2.80. The van der Waals surface area contributed by atoms with Crippen LogP contribution in [0.5, 0.6) is 5.88 Å². The van der Waals surface area contributed by atoms with Gasteiger partial charge in [-0.1, -0.05) is 11.3 Å². The SMILES string of the molecule is CC(=O)Nc1nc(F)c(CN2CC(Oc3ncnc4cccnc34)CC2C)s1. The predicted octanol–water partition coefficient (Wildman–Crippen LogP) is 2.62. The molecule has 10 heteroatoms. The van der Waals surface area contributed by atoms with Crippen LogP contribution in [0.4, 0.5) is 9.52 Å². The number of nitrogens with one attached hydrogen (secondary N) is 1. The molecule has 1 aliphatic rings. The van der Waals surface area contributed by atoms with Crippen LogP contribution >= 0.6 is 11.3 Å². The first-order valence-electron chi connectivity index (χ1n) is 8.89. The number of fused-ring (bicyclic) bond motifs is 1. The molecule has 0 bridgehead atoms. The average Bonchev–Trinajstić information content (AvgIpc) is 3.17. The lowest BCUT2D eigenvalue weighted by atomic mass is 10.2. The topological polar surface area (TPSA) is 93.1 Å². The first-order valence-corrected chi connectivity index (χ1v) is 9.70. The van der Waals surface area contributed by atoms with Crippen LogP contribution in [0.25, 0.3) is 11.0 Å². The van der Waals surface area contributed by atoms with Crippen molar-refractivity contribution in [2.45, 2.75) is 39.0 Å². The zero-order valence-electron chi connectivity index (χ0n) is 15.4. The third-order valence-corrected chi connectivity index (χ3v) is 5.51. The van der Waals surface area contributed by atoms with Crippen LogP contribution in [-0.4, -0.2) is 49.4 Å². The van der Waals surface area contributed by atoms with Gasteiger partial charge >= 0.3 is 0 Å². The number of amides is 1. The van der Waals surface area contributed by atoms with Crippen molar-refractivity contribution in [2.75, 3.05) is 11.9 Å². The highest BCUT2D eigenvalue weighted by atomic mass is 32.1. The van der Waals surface area contributed by atoms with Gasteiger partial charge < -0.3 is 10.1 Å². The number of hydrogen-bond donors (Lipinski definition) is 1. The summed E-state index contributed by atoms with van der Waals surface area (Å²) in [6.07, 6.45) is 3.85. The van der Waals surface area contributed by atoms with E-state index in [1.54, 1.807) is 6.20 Å². The first kappa shape index (κ1) is 18.6. The van der Waals surface area contributed by atoms with Crippen molar-refractivity contribution in [3.8, 4) is 5.88 Å². The highest BCUT2D eigenvalue weighted by molar-refractivity contribution is 7.15. The number of carbonyl (C=O) groups excluding carboxylic acids is 1. The van der Waals surface area contributed by atoms with Gasteiger partial charge in [-0.3, -0.25) is 9.69 Å². The molecule has 4 heterocycles. The van der Waals surface area contributed by atoms with E-state index < -0.39 is 5.95 Å². The third-order valence-electron chi connectivity index (χ3n) is 4.58. The Balaban J connectivity index is 1.45. The molecule has 1 fully saturated rings. The zero-order valence-corrected chi connectivity index (χ0v) is 16.2. The summed E-state index contributed by atoms with van der Waals surface area (Å²) < 4.78 is 20.2. The van der Waals surface area contributed by atoms with Crippen molar-refractivity contribution in [2.24, 2.45) is 0 Å². The molecule has 1 aliphatic heterocycles. The van der Waals surface area contributed by atoms with Crippen LogP contribution in [0.2, 0.25) is 0 Å². The fourth-order valence-electron chi connectivity index (χ4n) is 3.29. The van der Waals surface area contributed by atoms with Gasteiger partial charge in [0, 0.05) is 38.7 Å². The second kappa shape index (κ2) is 7.72. The number of aromatic nitrogens is 4. The predicted molar refractivity (Wildman–Crippen MR) is 103 cm³/mol. The lowest BCUT2D eigenvalue weighted by Gasteiger charge is -2.19. The number of likely N-dealkylation sites (tertiary alicyclic amines) is 1. The van der Waals surface area contributed by atoms with E-state index in [0.717, 1.165) is 23.3 Å². The molecule has 0 spiro atoms. The molecule has 0 saturated carbocycles. The molecule has 8 nitrogen and oxygen atoms in total. The summed E-state index contributed by atoms with van der Waals surface area (Å²) in [5.74, 6) is -0.355. The van der Waals surface area contributed by atoms with E-state index in [1.165, 1.54) is 13.3 Å². The molecule has 1 amide bonds. The van der Waals surface area contributed by atoms with Crippen LogP contribution < -0.4 is 10.1 Å². The molecular weight excluding hydrogens is 383 g/mol. The van der Waals surface area contributed by atoms with E-state index in [4.69, 9.17) is 4.74 Å². The van der Waals surface area contributed by atoms with Gasteiger partial charge in [0.1, 0.15) is 12.4 Å². The Bertz CT molecular complexity index is 1010. The second-order valence-corrected chi connectivity index (χ2v) is 7.80. The molecule has 28 heavy (non-hydrogen) atoms. The average molecular weight is 402 g/mol. The highest BCUT2D eigenvalue weighted by Crippen LogP contribution is 2.29. The Kier molecular flexibility index (Phi) is 5.14. The molecule has 0 aliphatic carbocycles. The molecule has 1 N–H and O–H groups in total. The minimum atomic E-state index is -0.545. The largest absolute Gasteiger partial charge is 0.471 e. The molecule has 2 unspecified atom stereocenters. The van der Waals surface area contributed by atoms with Crippen molar-refractivity contribution in [3.05, 3.63) is 35.5 Å². The number of pyridine rings is 1. The lowest BCUT2D eigenvalue weighted by molar-refractivity contribution is -0.114. The first-order chi connectivity index (χ1) is 13.5. The van der Waals surface area contributed by atoms with Gasteiger partial charge in [0.25, 0.3) is 0 Å². The van der Waals surface area contributed by atoms with E-state index in [9.17, 15) is 9.18 Å². The third kappa shape index (κ3) is 3.92. The number of anilines is 1. The Hall–Kier alpha value is -2.72. The van der Waals surface area contributed by atoms with Crippen LogP contribution in [0.3, 0.4) is 0 Å². The number of nitrogens with zero attached hydrogens (tertiary/aromatic N) is 5. The van der Waals surface area contributed by atoms with Gasteiger partial charge in [0.2, 0.25) is 17.7 Å². The van der Waals surface area contributed by atoms with E-state index in [2.05, 4.69) is 37.1 Å². The summed E-state index contributed by atoms with van der Waals surface area (Å²) in [5.41, 5.74) is 1.36. The van der Waals surface area contributed by atoms with Gasteiger partial charge in [-0.2, -0.15) is 14.4 Å². The van der Waals surface area contributed by atoms with Crippen molar-refractivity contribution in [3.63, 3.8) is 0 Å². The number of carbonyl (C=O) groups is 1. The summed E-state index contributed by atoms with van der Waals surface area (Å²) in [4.78, 5) is 30.3. The van der Waals surface area contributed by atoms with E-state index in [0.29, 0.717) is 29.4 Å². The second-order valence-electron chi connectivity index (χ2n) is 6.72. The molecule has 1 saturated heterocycles. The number of ether oxygens (including phenoxy) is 1. The molecule has 3 aromatic heterocycles. The zero-order chi connectivity index (χ0) is 19.7. The van der Waals surface area contributed by atoms with E-state index in [-0.39, 0.29) is 23.2 Å². The number of thiazole rings is 1. The quantitative estimate of drug-likeness (QED) is 0.701. The maximum Gasteiger partial charge on any atom is 0.244 e. The van der Waals surface area contributed by atoms with Gasteiger partial charge in [-0.05, 0) is 19.1 Å². The molecule has 3 aromatic rings. The summed E-state index contributed by atoms with van der Waals surface area (Å²) in [6, 6.07) is 3.88. The monoisotopic (exact) mass is 402 g/mol. The van der Waals surface area contributed by atoms with Crippen molar-refractivity contribution in [1.82, 2.24) is 24.8 Å². The van der Waals surface area contributed by atoms with Gasteiger partial charge in [-0.25, -0.2) is 9.97 Å². The molecule has 2 atom stereocenters. The van der Waals surface area contributed by atoms with Crippen molar-refractivity contribution < 1.29 is 13.9 Å². The highest BCUT2D eigenvalue weighted by Gasteiger charge is 2.32. The minimum absolute atomic E-state index is 0.0825. The number of rotatable bonds is 5. The summed E-state index contributed by atoms with van der Waals surface area (Å²) >= 11 is 1.15. The van der Waals surface area contributed by atoms with Crippen molar-refractivity contribution in [1.29, 1.82) is 0 Å². The van der Waals surface area contributed by atoms with Gasteiger partial charge in [0.05, 0.1) is 10.4 Å². The molecular formula is C18H19FN6O2S. The van der Waals surface area contributed by atoms with Crippen LogP contribution in [0.15, 0.2) is 24.7 Å². The number of halogens is 1. The van der Waals surface area contributed by atoms with Crippen LogP contribution in [0.1, 0.15) is 25.1 Å². The lowest BCUT2D eigenvalue weighted by Crippen LogP contribution is -2.28. The summed E-state index contributed by atoms with van der Waals surface area (Å²) in [7, 11) is 0. The standard InChI is InChI=1S/C18H19FN6O2S/c1-10-6-12(27-17-15-13(21-9-22-17)4-3-5-20-15)7-25(10)8-14-16(19)24-18(28-14)23-11(2)26/h3-5,9-10,12H,6-8H2,1-2H3,(H,23,24,26). The van der Waals surface area contributed by atoms with Gasteiger partial charge in [-0.15, -0.1) is 0 Å². The minimum Gasteiger partial charge on any atom is -0.471 e. The Morgan fingerprint density at radius 3 is 3.11 bits per heavy atom. The normalized spacial score (nSPS) is 19.8. The smallest absolute Gasteiger partial charge is 0.244 e. The van der Waals surface area contributed by atoms with Crippen LogP contribution in [0, 0.1) is 5.95 Å². The fraction of sp³-hybridized carbons (Fsp3) is 0.389. The molecule has 0 aromatic carbocycles. The number of hydrogen-bond acceptors (Lipinski definition) is 8. The Morgan fingerprint density at radius 2 is 2.29 bits per heavy atom. The Morgan fingerprint density at radius 1 is 1.43 bits per heavy atom. The Labute approximate surface area is 164 Å². The van der Waals surface area contributed by atoms with E-state index >= 15 is 0 Å². The maximum atomic E-state index is 14.1. The van der Waals surface area contributed by atoms with Gasteiger partial charge in [0.15, 0.2) is 10.6 Å². The fourth-order valence-corrected chi connectivity index (χ4v) is 4.20. The summed E-state index contributed by atoms with van der Waals surface area (Å²) in [6.45, 7) is 4.49. The van der Waals surface area contributed by atoms with Crippen molar-refractivity contribution >= 4 is 33.4 Å².